The van der Waals surface area contributed by atoms with Crippen molar-refractivity contribution in [2.45, 2.75) is 24.4 Å². The smallest absolute Gasteiger partial charge is 0.312 e. The van der Waals surface area contributed by atoms with Crippen LogP contribution in [0.5, 0.6) is 0 Å². The minimum absolute atomic E-state index is 0.0108. The van der Waals surface area contributed by atoms with Crippen molar-refractivity contribution in [2.75, 3.05) is 19.3 Å². The lowest BCUT2D eigenvalue weighted by molar-refractivity contribution is 0.249. The third-order valence-corrected chi connectivity index (χ3v) is 4.99. The standard InChI is InChI=1S/C16H23N5O3S/c1-12(13-3-5-15(6-4-13)25(2,23)24)21-11-19-10-14(21)9-18-7-8-20-16(17)22/h3-6,10-12,18H,7-9H2,1-2H3,(H3,17,20,22). The lowest BCUT2D eigenvalue weighted by Crippen LogP contribution is -2.35. The molecule has 0 fully saturated rings. The second kappa shape index (κ2) is 8.13. The third-order valence-electron chi connectivity index (χ3n) is 3.86. The monoisotopic (exact) mass is 365 g/mol. The first-order valence-corrected chi connectivity index (χ1v) is 9.73. The molecule has 4 N–H and O–H groups in total. The quantitative estimate of drug-likeness (QED) is 0.594. The molecule has 1 atom stereocenters. The number of urea groups is 1. The van der Waals surface area contributed by atoms with Gasteiger partial charge in [0.1, 0.15) is 0 Å². The highest BCUT2D eigenvalue weighted by molar-refractivity contribution is 7.90. The van der Waals surface area contributed by atoms with E-state index < -0.39 is 15.9 Å². The summed E-state index contributed by atoms with van der Waals surface area (Å²) in [6, 6.07) is 6.33. The van der Waals surface area contributed by atoms with Crippen LogP contribution >= 0.6 is 0 Å². The topological polar surface area (TPSA) is 119 Å². The molecule has 1 unspecified atom stereocenters. The van der Waals surface area contributed by atoms with Crippen LogP contribution in [0.3, 0.4) is 0 Å². The fourth-order valence-electron chi connectivity index (χ4n) is 2.46. The molecule has 0 aliphatic rings. The van der Waals surface area contributed by atoms with Gasteiger partial charge in [0, 0.05) is 32.1 Å². The summed E-state index contributed by atoms with van der Waals surface area (Å²) in [5, 5.41) is 5.72. The first-order chi connectivity index (χ1) is 11.8. The third kappa shape index (κ3) is 5.30. The van der Waals surface area contributed by atoms with E-state index in [1.165, 1.54) is 6.26 Å². The molecule has 2 rings (SSSR count). The number of nitrogens with zero attached hydrogens (tertiary/aromatic N) is 2. The molecule has 1 aromatic heterocycles. The van der Waals surface area contributed by atoms with E-state index in [9.17, 15) is 13.2 Å². The number of carbonyl (C=O) groups is 1. The molecule has 0 aliphatic carbocycles. The predicted molar refractivity (Wildman–Crippen MR) is 94.9 cm³/mol. The van der Waals surface area contributed by atoms with E-state index in [0.29, 0.717) is 24.5 Å². The maximum atomic E-state index is 11.6. The molecule has 0 aliphatic heterocycles. The Morgan fingerprint density at radius 3 is 2.56 bits per heavy atom. The number of imidazole rings is 1. The van der Waals surface area contributed by atoms with Gasteiger partial charge >= 0.3 is 6.03 Å². The van der Waals surface area contributed by atoms with Gasteiger partial charge in [-0.3, -0.25) is 0 Å². The number of benzene rings is 1. The second-order valence-electron chi connectivity index (χ2n) is 5.78. The van der Waals surface area contributed by atoms with Crippen molar-refractivity contribution >= 4 is 15.9 Å². The number of sulfone groups is 1. The van der Waals surface area contributed by atoms with Gasteiger partial charge in [0.2, 0.25) is 0 Å². The molecular formula is C16H23N5O3S. The van der Waals surface area contributed by atoms with Crippen LogP contribution in [-0.2, 0) is 16.4 Å². The summed E-state index contributed by atoms with van der Waals surface area (Å²) in [6.45, 7) is 3.65. The van der Waals surface area contributed by atoms with Crippen LogP contribution in [0.25, 0.3) is 0 Å². The molecule has 2 aromatic rings. The SMILES string of the molecule is CC(c1ccc(S(C)(=O)=O)cc1)n1cncc1CNCCNC(N)=O. The molecule has 9 heteroatoms. The second-order valence-corrected chi connectivity index (χ2v) is 7.79. The average Bonchev–Trinajstić information content (AvgIpc) is 3.01. The first-order valence-electron chi connectivity index (χ1n) is 7.84. The van der Waals surface area contributed by atoms with E-state index in [4.69, 9.17) is 5.73 Å². The Morgan fingerprint density at radius 1 is 1.28 bits per heavy atom. The van der Waals surface area contributed by atoms with E-state index in [-0.39, 0.29) is 6.04 Å². The zero-order valence-electron chi connectivity index (χ0n) is 14.3. The Morgan fingerprint density at radius 2 is 1.96 bits per heavy atom. The van der Waals surface area contributed by atoms with Crippen molar-refractivity contribution < 1.29 is 13.2 Å². The number of aromatic nitrogens is 2. The normalized spacial score (nSPS) is 12.7. The highest BCUT2D eigenvalue weighted by Gasteiger charge is 2.13. The Balaban J connectivity index is 2.02. The summed E-state index contributed by atoms with van der Waals surface area (Å²) in [5.41, 5.74) is 6.98. The zero-order valence-corrected chi connectivity index (χ0v) is 15.1. The molecule has 0 radical (unpaired) electrons. The number of nitrogens with two attached hydrogens (primary N) is 1. The van der Waals surface area contributed by atoms with E-state index in [0.717, 1.165) is 11.3 Å². The molecule has 2 amide bonds. The molecule has 25 heavy (non-hydrogen) atoms. The lowest BCUT2D eigenvalue weighted by atomic mass is 10.1. The summed E-state index contributed by atoms with van der Waals surface area (Å²) < 4.78 is 25.1. The summed E-state index contributed by atoms with van der Waals surface area (Å²) in [6.07, 6.45) is 4.71. The fourth-order valence-corrected chi connectivity index (χ4v) is 3.09. The van der Waals surface area contributed by atoms with Crippen molar-refractivity contribution in [3.63, 3.8) is 0 Å². The highest BCUT2D eigenvalue weighted by atomic mass is 32.2. The van der Waals surface area contributed by atoms with Crippen LogP contribution < -0.4 is 16.4 Å². The van der Waals surface area contributed by atoms with Gasteiger partial charge in [-0.25, -0.2) is 18.2 Å². The van der Waals surface area contributed by atoms with Gasteiger partial charge in [-0.15, -0.1) is 0 Å². The number of amides is 2. The van der Waals surface area contributed by atoms with Crippen molar-refractivity contribution in [3.05, 3.63) is 48.0 Å². The van der Waals surface area contributed by atoms with E-state index in [2.05, 4.69) is 15.6 Å². The van der Waals surface area contributed by atoms with Gasteiger partial charge in [0.05, 0.1) is 23.0 Å². The number of carbonyl (C=O) groups excluding carboxylic acids is 1. The summed E-state index contributed by atoms with van der Waals surface area (Å²) >= 11 is 0. The molecular weight excluding hydrogens is 342 g/mol. The van der Waals surface area contributed by atoms with Crippen LogP contribution in [0.4, 0.5) is 4.79 Å². The molecule has 0 spiro atoms. The highest BCUT2D eigenvalue weighted by Crippen LogP contribution is 2.21. The van der Waals surface area contributed by atoms with Gasteiger partial charge in [-0.1, -0.05) is 12.1 Å². The number of primary amides is 1. The molecule has 1 heterocycles. The maximum absolute atomic E-state index is 11.6. The maximum Gasteiger partial charge on any atom is 0.312 e. The minimum atomic E-state index is -3.20. The Bertz CT molecular complexity index is 815. The van der Waals surface area contributed by atoms with Crippen LogP contribution in [-0.4, -0.2) is 43.3 Å². The van der Waals surface area contributed by atoms with Crippen LogP contribution in [0.15, 0.2) is 41.7 Å². The fraction of sp³-hybridized carbons (Fsp3) is 0.375. The van der Waals surface area contributed by atoms with Crippen LogP contribution in [0, 0.1) is 0 Å². The molecule has 1 aromatic carbocycles. The van der Waals surface area contributed by atoms with E-state index in [1.54, 1.807) is 24.7 Å². The van der Waals surface area contributed by atoms with Crippen molar-refractivity contribution in [2.24, 2.45) is 5.73 Å². The summed E-state index contributed by atoms with van der Waals surface area (Å²) in [5.74, 6) is 0. The summed E-state index contributed by atoms with van der Waals surface area (Å²) in [7, 11) is -3.20. The van der Waals surface area contributed by atoms with Gasteiger partial charge in [0.15, 0.2) is 9.84 Å². The molecule has 0 saturated heterocycles. The van der Waals surface area contributed by atoms with Gasteiger partial charge in [-0.2, -0.15) is 0 Å². The number of nitrogens with one attached hydrogen (secondary N) is 2. The number of hydrogen-bond acceptors (Lipinski definition) is 5. The zero-order chi connectivity index (χ0) is 18.4. The Labute approximate surface area is 147 Å². The lowest BCUT2D eigenvalue weighted by Gasteiger charge is -2.18. The van der Waals surface area contributed by atoms with Crippen molar-refractivity contribution in [1.29, 1.82) is 0 Å². The largest absolute Gasteiger partial charge is 0.352 e. The molecule has 0 bridgehead atoms. The van der Waals surface area contributed by atoms with E-state index >= 15 is 0 Å². The van der Waals surface area contributed by atoms with Crippen molar-refractivity contribution in [3.8, 4) is 0 Å². The molecule has 136 valence electrons. The van der Waals surface area contributed by atoms with E-state index in [1.807, 2.05) is 23.6 Å². The van der Waals surface area contributed by atoms with Crippen LogP contribution in [0.1, 0.15) is 24.2 Å². The average molecular weight is 365 g/mol. The van der Waals surface area contributed by atoms with Crippen molar-refractivity contribution in [1.82, 2.24) is 20.2 Å². The number of rotatable bonds is 8. The first kappa shape index (κ1) is 18.9. The summed E-state index contributed by atoms with van der Waals surface area (Å²) in [4.78, 5) is 15.1. The molecule has 8 nitrogen and oxygen atoms in total. The van der Waals surface area contributed by atoms with Gasteiger partial charge < -0.3 is 20.9 Å². The predicted octanol–water partition coefficient (Wildman–Crippen LogP) is 0.654. The van der Waals surface area contributed by atoms with Crippen LogP contribution in [0.2, 0.25) is 0 Å². The van der Waals surface area contributed by atoms with Gasteiger partial charge in [-0.05, 0) is 24.6 Å². The Hall–Kier alpha value is -2.39. The Kier molecular flexibility index (Phi) is 6.16. The van der Waals surface area contributed by atoms with Gasteiger partial charge in [0.25, 0.3) is 0 Å². The molecule has 0 saturated carbocycles. The minimum Gasteiger partial charge on any atom is -0.352 e. The number of hydrogen-bond donors (Lipinski definition) is 3.